The second-order valence-corrected chi connectivity index (χ2v) is 8.14. The van der Waals surface area contributed by atoms with Gasteiger partial charge in [0.05, 0.1) is 12.2 Å². The van der Waals surface area contributed by atoms with Gasteiger partial charge in [-0.25, -0.2) is 4.79 Å². The molecule has 2 aliphatic heterocycles. The maximum atomic E-state index is 12.4. The lowest BCUT2D eigenvalue weighted by Gasteiger charge is -2.25. The predicted octanol–water partition coefficient (Wildman–Crippen LogP) is 3.85. The van der Waals surface area contributed by atoms with Crippen molar-refractivity contribution in [2.24, 2.45) is 10.4 Å². The topological polar surface area (TPSA) is 63.2 Å². The Hall–Kier alpha value is -2.13. The van der Waals surface area contributed by atoms with Gasteiger partial charge in [0.15, 0.2) is 5.96 Å². The van der Waals surface area contributed by atoms with Gasteiger partial charge < -0.3 is 19.7 Å². The van der Waals surface area contributed by atoms with Gasteiger partial charge in [0, 0.05) is 38.7 Å². The summed E-state index contributed by atoms with van der Waals surface area (Å²) in [6.07, 6.45) is 2.28. The van der Waals surface area contributed by atoms with Crippen LogP contribution in [0.3, 0.4) is 0 Å². The van der Waals surface area contributed by atoms with E-state index in [0.717, 1.165) is 56.2 Å². The molecule has 0 aliphatic carbocycles. The van der Waals surface area contributed by atoms with Crippen molar-refractivity contribution in [2.45, 2.75) is 26.0 Å². The van der Waals surface area contributed by atoms with E-state index in [9.17, 15) is 4.79 Å². The summed E-state index contributed by atoms with van der Waals surface area (Å²) in [5, 5.41) is 3.44. The number of halogens is 1. The molecule has 0 bridgehead atoms. The van der Waals surface area contributed by atoms with Crippen LogP contribution < -0.4 is 5.32 Å². The Kier molecular flexibility index (Phi) is 8.31. The van der Waals surface area contributed by atoms with Crippen LogP contribution in [0, 0.1) is 5.41 Å². The van der Waals surface area contributed by atoms with Crippen molar-refractivity contribution >= 4 is 35.9 Å². The van der Waals surface area contributed by atoms with Crippen LogP contribution in [0.4, 0.5) is 0 Å². The van der Waals surface area contributed by atoms with Crippen molar-refractivity contribution in [3.8, 4) is 0 Å². The lowest BCUT2D eigenvalue weighted by Crippen LogP contribution is -2.41. The van der Waals surface area contributed by atoms with Gasteiger partial charge in [-0.3, -0.25) is 4.99 Å². The molecule has 0 radical (unpaired) electrons. The van der Waals surface area contributed by atoms with Gasteiger partial charge in [-0.1, -0.05) is 42.5 Å². The van der Waals surface area contributed by atoms with Crippen molar-refractivity contribution in [2.75, 3.05) is 33.4 Å². The molecule has 166 valence electrons. The van der Waals surface area contributed by atoms with Gasteiger partial charge in [0.1, 0.15) is 6.61 Å². The number of nitrogens with one attached hydrogen (secondary N) is 1. The highest BCUT2D eigenvalue weighted by Crippen LogP contribution is 2.38. The third kappa shape index (κ3) is 5.98. The smallest absolute Gasteiger partial charge is 0.338 e. The van der Waals surface area contributed by atoms with Crippen molar-refractivity contribution in [3.05, 3.63) is 71.3 Å². The molecule has 1 spiro atoms. The molecule has 0 aromatic heterocycles. The van der Waals surface area contributed by atoms with Gasteiger partial charge in [0.2, 0.25) is 0 Å². The Labute approximate surface area is 201 Å². The van der Waals surface area contributed by atoms with Crippen molar-refractivity contribution in [1.82, 2.24) is 10.2 Å². The summed E-state index contributed by atoms with van der Waals surface area (Å²) < 4.78 is 11.1. The van der Waals surface area contributed by atoms with Gasteiger partial charge >= 0.3 is 5.97 Å². The van der Waals surface area contributed by atoms with E-state index in [-0.39, 0.29) is 36.6 Å². The number of carbonyl (C=O) groups is 1. The first kappa shape index (κ1) is 23.5. The number of hydrogen-bond acceptors (Lipinski definition) is 4. The van der Waals surface area contributed by atoms with E-state index in [0.29, 0.717) is 17.5 Å². The number of nitrogens with zero attached hydrogens (tertiary/aromatic N) is 2. The lowest BCUT2D eigenvalue weighted by molar-refractivity contribution is 0.0472. The summed E-state index contributed by atoms with van der Waals surface area (Å²) in [7, 11) is 1.82. The second kappa shape index (κ2) is 10.9. The molecule has 4 rings (SSSR count). The standard InChI is InChI=1S/C24H29N3O3.HI/c1-25-23(27-12-10-24(17-27)11-13-29-18-24)26-15-20-8-5-9-21(14-20)22(28)30-16-19-6-3-2-4-7-19;/h2-9,14H,10-13,15-18H2,1H3,(H,25,26);1H. The molecule has 31 heavy (non-hydrogen) atoms. The number of guanidine groups is 1. The number of benzene rings is 2. The Morgan fingerprint density at radius 1 is 1.16 bits per heavy atom. The molecule has 2 saturated heterocycles. The van der Waals surface area contributed by atoms with Gasteiger partial charge in [0.25, 0.3) is 0 Å². The maximum absolute atomic E-state index is 12.4. The Bertz CT molecular complexity index is 898. The first-order valence-corrected chi connectivity index (χ1v) is 10.5. The molecular weight excluding hydrogens is 505 g/mol. The largest absolute Gasteiger partial charge is 0.457 e. The first-order chi connectivity index (χ1) is 14.7. The fourth-order valence-electron chi connectivity index (χ4n) is 4.22. The van der Waals surface area contributed by atoms with E-state index >= 15 is 0 Å². The van der Waals surface area contributed by atoms with Crippen LogP contribution in [0.15, 0.2) is 59.6 Å². The average molecular weight is 535 g/mol. The normalized spacial score (nSPS) is 20.5. The minimum Gasteiger partial charge on any atom is -0.457 e. The summed E-state index contributed by atoms with van der Waals surface area (Å²) in [5.74, 6) is 0.587. The summed E-state index contributed by atoms with van der Waals surface area (Å²) in [4.78, 5) is 19.2. The number of aliphatic imine (C=N–C) groups is 1. The summed E-state index contributed by atoms with van der Waals surface area (Å²) in [6.45, 7) is 4.58. The minimum absolute atomic E-state index is 0. The van der Waals surface area contributed by atoms with Gasteiger partial charge in [-0.2, -0.15) is 0 Å². The molecule has 2 fully saturated rings. The highest BCUT2D eigenvalue weighted by Gasteiger charge is 2.42. The van der Waals surface area contributed by atoms with Crippen LogP contribution >= 0.6 is 24.0 Å². The van der Waals surface area contributed by atoms with E-state index < -0.39 is 0 Å². The molecule has 0 saturated carbocycles. The minimum atomic E-state index is -0.312. The molecule has 2 aromatic carbocycles. The van der Waals surface area contributed by atoms with E-state index in [1.54, 1.807) is 6.07 Å². The van der Waals surface area contributed by atoms with E-state index in [4.69, 9.17) is 9.47 Å². The van der Waals surface area contributed by atoms with Crippen molar-refractivity contribution < 1.29 is 14.3 Å². The molecule has 2 aromatic rings. The summed E-state index contributed by atoms with van der Waals surface area (Å²) in [5.41, 5.74) is 2.84. The van der Waals surface area contributed by atoms with Crippen molar-refractivity contribution in [3.63, 3.8) is 0 Å². The van der Waals surface area contributed by atoms with E-state index in [1.165, 1.54) is 0 Å². The molecule has 2 aliphatic rings. The molecule has 0 amide bonds. The molecule has 1 unspecified atom stereocenters. The van der Waals surface area contributed by atoms with Crippen LogP contribution in [0.25, 0.3) is 0 Å². The van der Waals surface area contributed by atoms with Crippen LogP contribution in [-0.2, 0) is 22.6 Å². The zero-order chi connectivity index (χ0) is 20.8. The Morgan fingerprint density at radius 3 is 2.71 bits per heavy atom. The molecule has 2 heterocycles. The van der Waals surface area contributed by atoms with Crippen molar-refractivity contribution in [1.29, 1.82) is 0 Å². The van der Waals surface area contributed by atoms with Crippen LogP contribution in [-0.4, -0.2) is 50.2 Å². The van der Waals surface area contributed by atoms with Gasteiger partial charge in [-0.15, -0.1) is 24.0 Å². The monoisotopic (exact) mass is 535 g/mol. The second-order valence-electron chi connectivity index (χ2n) is 8.14. The number of carbonyl (C=O) groups excluding carboxylic acids is 1. The number of hydrogen-bond donors (Lipinski definition) is 1. The maximum Gasteiger partial charge on any atom is 0.338 e. The molecule has 7 heteroatoms. The summed E-state index contributed by atoms with van der Waals surface area (Å²) >= 11 is 0. The average Bonchev–Trinajstić information content (AvgIpc) is 3.43. The van der Waals surface area contributed by atoms with Crippen LogP contribution in [0.5, 0.6) is 0 Å². The lowest BCUT2D eigenvalue weighted by atomic mass is 9.87. The number of likely N-dealkylation sites (tertiary alicyclic amines) is 1. The zero-order valence-electron chi connectivity index (χ0n) is 17.9. The zero-order valence-corrected chi connectivity index (χ0v) is 20.2. The summed E-state index contributed by atoms with van der Waals surface area (Å²) in [6, 6.07) is 17.3. The third-order valence-corrected chi connectivity index (χ3v) is 5.96. The number of rotatable bonds is 5. The third-order valence-electron chi connectivity index (χ3n) is 5.96. The van der Waals surface area contributed by atoms with Crippen LogP contribution in [0.2, 0.25) is 0 Å². The Balaban J connectivity index is 0.00000272. The molecule has 1 N–H and O–H groups in total. The SMILES string of the molecule is CN=C(NCc1cccc(C(=O)OCc2ccccc2)c1)N1CCC2(CCOC2)C1.I. The van der Waals surface area contributed by atoms with E-state index in [2.05, 4.69) is 15.2 Å². The predicted molar refractivity (Wildman–Crippen MR) is 132 cm³/mol. The highest BCUT2D eigenvalue weighted by atomic mass is 127. The first-order valence-electron chi connectivity index (χ1n) is 10.5. The molecule has 6 nitrogen and oxygen atoms in total. The highest BCUT2D eigenvalue weighted by molar-refractivity contribution is 14.0. The fourth-order valence-corrected chi connectivity index (χ4v) is 4.22. The molecule has 1 atom stereocenters. The number of ether oxygens (including phenoxy) is 2. The van der Waals surface area contributed by atoms with E-state index in [1.807, 2.05) is 55.6 Å². The van der Waals surface area contributed by atoms with Gasteiger partial charge in [-0.05, 0) is 36.1 Å². The molecular formula is C24H30IN3O3. The number of esters is 1. The van der Waals surface area contributed by atoms with Crippen LogP contribution in [0.1, 0.15) is 34.3 Å². The Morgan fingerprint density at radius 2 is 1.97 bits per heavy atom. The fraction of sp³-hybridized carbons (Fsp3) is 0.417. The quantitative estimate of drug-likeness (QED) is 0.273.